The van der Waals surface area contributed by atoms with Crippen LogP contribution in [0.4, 0.5) is 0 Å². The summed E-state index contributed by atoms with van der Waals surface area (Å²) in [7, 11) is 0. The molecule has 0 aliphatic carbocycles. The molecule has 0 fully saturated rings. The molecule has 1 aliphatic heterocycles. The Morgan fingerprint density at radius 3 is 1.28 bits per heavy atom. The van der Waals surface area contributed by atoms with Gasteiger partial charge in [0.15, 0.2) is 0 Å². The minimum atomic E-state index is 1.12. The maximum absolute atomic E-state index is 2.48. The van der Waals surface area contributed by atoms with Gasteiger partial charge in [-0.3, -0.25) is 0 Å². The fraction of sp³-hybridized carbons (Fsp3) is 0.913. The summed E-state index contributed by atoms with van der Waals surface area (Å²) in [5.74, 6) is 0. The standard InChI is InChI=1S/C23H46N2/c1-3-5-7-8-9-10-11-12-13-14-15-16-17-18-20-25-22-21-24(23-25)19-6-4-2/h21-22H,3-20,23H2,1-2H3. The first kappa shape index (κ1) is 22.4. The van der Waals surface area contributed by atoms with E-state index in [1.54, 1.807) is 0 Å². The molecule has 0 aromatic heterocycles. The summed E-state index contributed by atoms with van der Waals surface area (Å²) in [5, 5.41) is 0. The van der Waals surface area contributed by atoms with E-state index in [2.05, 4.69) is 36.0 Å². The second kappa shape index (κ2) is 16.8. The average Bonchev–Trinajstić information content (AvgIpc) is 3.08. The van der Waals surface area contributed by atoms with Crippen LogP contribution in [-0.2, 0) is 0 Å². The lowest BCUT2D eigenvalue weighted by Gasteiger charge is -2.21. The summed E-state index contributed by atoms with van der Waals surface area (Å²) in [5.41, 5.74) is 0. The predicted octanol–water partition coefficient (Wildman–Crippen LogP) is 7.31. The molecular formula is C23H46N2. The van der Waals surface area contributed by atoms with Crippen molar-refractivity contribution in [1.82, 2.24) is 9.80 Å². The monoisotopic (exact) mass is 350 g/mol. The maximum atomic E-state index is 2.48. The molecule has 0 N–H and O–H groups in total. The highest BCUT2D eigenvalue weighted by molar-refractivity contribution is 4.90. The Morgan fingerprint density at radius 2 is 0.840 bits per heavy atom. The van der Waals surface area contributed by atoms with Crippen LogP contribution < -0.4 is 0 Å². The van der Waals surface area contributed by atoms with Crippen molar-refractivity contribution in [1.29, 1.82) is 0 Å². The van der Waals surface area contributed by atoms with Gasteiger partial charge in [0.25, 0.3) is 0 Å². The van der Waals surface area contributed by atoms with Crippen LogP contribution in [0.2, 0.25) is 0 Å². The van der Waals surface area contributed by atoms with Crippen molar-refractivity contribution in [3.63, 3.8) is 0 Å². The van der Waals surface area contributed by atoms with Gasteiger partial charge in [-0.25, -0.2) is 0 Å². The number of unbranched alkanes of at least 4 members (excludes halogenated alkanes) is 14. The van der Waals surface area contributed by atoms with Crippen molar-refractivity contribution in [2.75, 3.05) is 19.8 Å². The van der Waals surface area contributed by atoms with E-state index in [9.17, 15) is 0 Å². The average molecular weight is 351 g/mol. The molecule has 0 radical (unpaired) electrons. The lowest BCUT2D eigenvalue weighted by molar-refractivity contribution is 0.258. The zero-order valence-electron chi connectivity index (χ0n) is 17.5. The molecule has 0 amide bonds. The third-order valence-electron chi connectivity index (χ3n) is 5.45. The summed E-state index contributed by atoms with van der Waals surface area (Å²) in [6.45, 7) is 8.16. The summed E-state index contributed by atoms with van der Waals surface area (Å²) in [6, 6.07) is 0. The van der Waals surface area contributed by atoms with Gasteiger partial charge in [-0.05, 0) is 12.8 Å². The first-order chi connectivity index (χ1) is 12.4. The molecule has 0 spiro atoms. The van der Waals surface area contributed by atoms with Crippen LogP contribution in [0, 0.1) is 0 Å². The second-order valence-corrected chi connectivity index (χ2v) is 8.01. The third kappa shape index (κ3) is 13.2. The van der Waals surface area contributed by atoms with Crippen molar-refractivity contribution in [3.8, 4) is 0 Å². The number of hydrogen-bond acceptors (Lipinski definition) is 2. The minimum Gasteiger partial charge on any atom is -0.359 e. The van der Waals surface area contributed by atoms with E-state index in [1.807, 2.05) is 0 Å². The Morgan fingerprint density at radius 1 is 0.480 bits per heavy atom. The first-order valence-electron chi connectivity index (χ1n) is 11.5. The maximum Gasteiger partial charge on any atom is 0.0893 e. The zero-order valence-corrected chi connectivity index (χ0v) is 17.5. The summed E-state index contributed by atoms with van der Waals surface area (Å²) < 4.78 is 0. The number of rotatable bonds is 18. The van der Waals surface area contributed by atoms with E-state index in [0.29, 0.717) is 0 Å². The predicted molar refractivity (Wildman–Crippen MR) is 113 cm³/mol. The first-order valence-corrected chi connectivity index (χ1v) is 11.5. The van der Waals surface area contributed by atoms with E-state index in [0.717, 1.165) is 6.67 Å². The quantitative estimate of drug-likeness (QED) is 0.239. The highest BCUT2D eigenvalue weighted by atomic mass is 15.3. The molecule has 0 unspecified atom stereocenters. The van der Waals surface area contributed by atoms with E-state index >= 15 is 0 Å². The van der Waals surface area contributed by atoms with Crippen LogP contribution in [0.25, 0.3) is 0 Å². The minimum absolute atomic E-state index is 1.12. The van der Waals surface area contributed by atoms with Gasteiger partial charge in [-0.15, -0.1) is 0 Å². The van der Waals surface area contributed by atoms with Crippen LogP contribution in [0.1, 0.15) is 117 Å². The van der Waals surface area contributed by atoms with Gasteiger partial charge in [-0.1, -0.05) is 104 Å². The summed E-state index contributed by atoms with van der Waals surface area (Å²) in [4.78, 5) is 4.93. The topological polar surface area (TPSA) is 6.48 Å². The smallest absolute Gasteiger partial charge is 0.0893 e. The molecule has 148 valence electrons. The molecule has 2 heteroatoms. The molecule has 0 saturated heterocycles. The lowest BCUT2D eigenvalue weighted by Crippen LogP contribution is -2.26. The molecule has 0 saturated carbocycles. The van der Waals surface area contributed by atoms with Crippen LogP contribution in [0.3, 0.4) is 0 Å². The Kier molecular flexibility index (Phi) is 15.0. The van der Waals surface area contributed by atoms with E-state index < -0.39 is 0 Å². The molecule has 1 aliphatic rings. The highest BCUT2D eigenvalue weighted by Crippen LogP contribution is 2.14. The fourth-order valence-corrected chi connectivity index (χ4v) is 3.68. The second-order valence-electron chi connectivity index (χ2n) is 8.01. The van der Waals surface area contributed by atoms with Crippen molar-refractivity contribution in [2.45, 2.75) is 117 Å². The van der Waals surface area contributed by atoms with Gasteiger partial charge in [0.2, 0.25) is 0 Å². The molecule has 2 nitrogen and oxygen atoms in total. The van der Waals surface area contributed by atoms with Gasteiger partial charge in [0, 0.05) is 25.5 Å². The molecule has 0 bridgehead atoms. The van der Waals surface area contributed by atoms with E-state index in [1.165, 1.54) is 116 Å². The normalized spacial score (nSPS) is 14.0. The van der Waals surface area contributed by atoms with Crippen molar-refractivity contribution in [3.05, 3.63) is 12.4 Å². The van der Waals surface area contributed by atoms with Crippen LogP contribution in [0.5, 0.6) is 0 Å². The molecular weight excluding hydrogens is 304 g/mol. The van der Waals surface area contributed by atoms with Gasteiger partial charge >= 0.3 is 0 Å². The van der Waals surface area contributed by atoms with Gasteiger partial charge in [-0.2, -0.15) is 0 Å². The zero-order chi connectivity index (χ0) is 18.0. The third-order valence-corrected chi connectivity index (χ3v) is 5.45. The number of hydrogen-bond donors (Lipinski definition) is 0. The Hall–Kier alpha value is -0.660. The number of nitrogens with zero attached hydrogens (tertiary/aromatic N) is 2. The highest BCUT2D eigenvalue weighted by Gasteiger charge is 2.10. The molecule has 25 heavy (non-hydrogen) atoms. The summed E-state index contributed by atoms with van der Waals surface area (Å²) in [6.07, 6.45) is 27.4. The summed E-state index contributed by atoms with van der Waals surface area (Å²) >= 11 is 0. The van der Waals surface area contributed by atoms with E-state index in [-0.39, 0.29) is 0 Å². The van der Waals surface area contributed by atoms with Gasteiger partial charge in [0.1, 0.15) is 0 Å². The van der Waals surface area contributed by atoms with Crippen molar-refractivity contribution < 1.29 is 0 Å². The molecule has 0 atom stereocenters. The fourth-order valence-electron chi connectivity index (χ4n) is 3.68. The van der Waals surface area contributed by atoms with Crippen LogP contribution >= 0.6 is 0 Å². The lowest BCUT2D eigenvalue weighted by atomic mass is 10.0. The van der Waals surface area contributed by atoms with Crippen molar-refractivity contribution in [2.24, 2.45) is 0 Å². The van der Waals surface area contributed by atoms with Crippen molar-refractivity contribution >= 4 is 0 Å². The largest absolute Gasteiger partial charge is 0.359 e. The van der Waals surface area contributed by atoms with Crippen LogP contribution in [0.15, 0.2) is 12.4 Å². The molecule has 0 aromatic rings. The molecule has 1 rings (SSSR count). The Labute approximate surface area is 159 Å². The molecule has 1 heterocycles. The van der Waals surface area contributed by atoms with Gasteiger partial charge < -0.3 is 9.80 Å². The Balaban J connectivity index is 1.75. The SMILES string of the molecule is CCCCCCCCCCCCCCCCN1C=CN(CCCC)C1. The van der Waals surface area contributed by atoms with Gasteiger partial charge in [0.05, 0.1) is 6.67 Å². The molecule has 0 aromatic carbocycles. The van der Waals surface area contributed by atoms with E-state index in [4.69, 9.17) is 0 Å². The Bertz CT molecular complexity index is 300. The van der Waals surface area contributed by atoms with Crippen LogP contribution in [-0.4, -0.2) is 29.6 Å².